The molecule has 0 aliphatic heterocycles. The Morgan fingerprint density at radius 2 is 2.00 bits per heavy atom. The average molecular weight is 401 g/mol. The van der Waals surface area contributed by atoms with Crippen molar-refractivity contribution in [2.45, 2.75) is 0 Å². The van der Waals surface area contributed by atoms with Gasteiger partial charge in [0.1, 0.15) is 11.3 Å². The topological polar surface area (TPSA) is 145 Å². The van der Waals surface area contributed by atoms with Crippen LogP contribution in [0.3, 0.4) is 0 Å². The predicted octanol–water partition coefficient (Wildman–Crippen LogP) is 1.76. The molecule has 1 amide bonds. The maximum absolute atomic E-state index is 12.8. The predicted molar refractivity (Wildman–Crippen MR) is 110 cm³/mol. The molecule has 0 bridgehead atoms. The van der Waals surface area contributed by atoms with Crippen molar-refractivity contribution < 1.29 is 9.53 Å². The summed E-state index contributed by atoms with van der Waals surface area (Å²) >= 11 is 0. The molecule has 3 aromatic heterocycles. The minimum absolute atomic E-state index is 0.0783. The number of carbonyl (C=O) groups excluding carboxylic acids is 1. The number of imidazole rings is 1. The van der Waals surface area contributed by atoms with Crippen molar-refractivity contribution in [3.8, 4) is 22.8 Å². The molecule has 3 heterocycles. The molecule has 0 radical (unpaired) electrons. The highest BCUT2D eigenvalue weighted by Crippen LogP contribution is 2.27. The van der Waals surface area contributed by atoms with Gasteiger partial charge in [-0.05, 0) is 18.2 Å². The summed E-state index contributed by atoms with van der Waals surface area (Å²) in [4.78, 5) is 36.4. The fraction of sp³-hybridized carbons (Fsp3) is 0.0500. The van der Waals surface area contributed by atoms with Crippen molar-refractivity contribution in [2.75, 3.05) is 7.11 Å². The zero-order valence-corrected chi connectivity index (χ0v) is 15.7. The third-order valence-corrected chi connectivity index (χ3v) is 4.80. The standard InChI is InChI=1S/C20H15N7O3/c1-30-14-5-3-2-4-13(14)27-19-16(24-20(27)29)15(17(21)28)23-18(25-19)10-6-7-11-9-22-26-12(11)8-10/h2-9H,1H3,(H2,21,28)(H,22,26)(H,24,29). The lowest BCUT2D eigenvalue weighted by molar-refractivity contribution is 0.0997. The van der Waals surface area contributed by atoms with Crippen LogP contribution in [0.25, 0.3) is 39.1 Å². The Morgan fingerprint density at radius 1 is 1.17 bits per heavy atom. The van der Waals surface area contributed by atoms with E-state index in [4.69, 9.17) is 10.5 Å². The fourth-order valence-electron chi connectivity index (χ4n) is 3.41. The normalized spacial score (nSPS) is 11.2. The molecule has 0 aliphatic rings. The van der Waals surface area contributed by atoms with Gasteiger partial charge in [-0.25, -0.2) is 19.3 Å². The third-order valence-electron chi connectivity index (χ3n) is 4.80. The van der Waals surface area contributed by atoms with E-state index in [0.29, 0.717) is 17.0 Å². The number of carbonyl (C=O) groups is 1. The van der Waals surface area contributed by atoms with E-state index >= 15 is 0 Å². The number of ether oxygens (including phenoxy) is 1. The summed E-state index contributed by atoms with van der Waals surface area (Å²) in [5.74, 6) is -0.0599. The average Bonchev–Trinajstić information content (AvgIpc) is 3.35. The monoisotopic (exact) mass is 401 g/mol. The molecule has 0 atom stereocenters. The summed E-state index contributed by atoms with van der Waals surface area (Å²) in [5, 5.41) is 7.81. The molecule has 5 rings (SSSR count). The summed E-state index contributed by atoms with van der Waals surface area (Å²) in [5.41, 5.74) is 7.25. The number of aromatic amines is 2. The van der Waals surface area contributed by atoms with Crippen molar-refractivity contribution in [1.82, 2.24) is 29.7 Å². The first kappa shape index (κ1) is 17.6. The zero-order chi connectivity index (χ0) is 20.8. The Morgan fingerprint density at radius 3 is 2.80 bits per heavy atom. The van der Waals surface area contributed by atoms with E-state index in [1.54, 1.807) is 30.5 Å². The minimum atomic E-state index is -0.778. The van der Waals surface area contributed by atoms with E-state index in [-0.39, 0.29) is 22.7 Å². The van der Waals surface area contributed by atoms with Gasteiger partial charge in [0.25, 0.3) is 5.91 Å². The van der Waals surface area contributed by atoms with Crippen LogP contribution in [0.15, 0.2) is 53.5 Å². The molecule has 30 heavy (non-hydrogen) atoms. The van der Waals surface area contributed by atoms with Gasteiger partial charge in [0, 0.05) is 10.9 Å². The number of amides is 1. The summed E-state index contributed by atoms with van der Waals surface area (Å²) in [6.45, 7) is 0. The fourth-order valence-corrected chi connectivity index (χ4v) is 3.41. The number of methoxy groups -OCH3 is 1. The summed E-state index contributed by atoms with van der Waals surface area (Å²) in [7, 11) is 1.51. The largest absolute Gasteiger partial charge is 0.495 e. The van der Waals surface area contributed by atoms with Crippen LogP contribution in [0.2, 0.25) is 0 Å². The number of benzene rings is 2. The molecule has 0 spiro atoms. The second kappa shape index (κ2) is 6.55. The van der Waals surface area contributed by atoms with Gasteiger partial charge >= 0.3 is 5.69 Å². The van der Waals surface area contributed by atoms with Crippen molar-refractivity contribution in [3.05, 3.63) is 64.8 Å². The molecular weight excluding hydrogens is 386 g/mol. The van der Waals surface area contributed by atoms with Gasteiger partial charge in [-0.15, -0.1) is 0 Å². The Hall–Kier alpha value is -4.47. The number of fused-ring (bicyclic) bond motifs is 2. The summed E-state index contributed by atoms with van der Waals surface area (Å²) < 4.78 is 6.72. The molecule has 10 heteroatoms. The Labute approximate surface area is 168 Å². The molecule has 4 N–H and O–H groups in total. The first-order valence-corrected chi connectivity index (χ1v) is 8.96. The molecule has 10 nitrogen and oxygen atoms in total. The van der Waals surface area contributed by atoms with Gasteiger partial charge in [0.15, 0.2) is 17.2 Å². The lowest BCUT2D eigenvalue weighted by Crippen LogP contribution is -2.16. The molecule has 0 fully saturated rings. The molecule has 0 saturated heterocycles. The molecule has 2 aromatic carbocycles. The summed E-state index contributed by atoms with van der Waals surface area (Å²) in [6.07, 6.45) is 1.70. The number of primary amides is 1. The van der Waals surface area contributed by atoms with E-state index in [9.17, 15) is 9.59 Å². The van der Waals surface area contributed by atoms with Crippen LogP contribution in [0.5, 0.6) is 5.75 Å². The molecule has 148 valence electrons. The first-order chi connectivity index (χ1) is 14.6. The summed E-state index contributed by atoms with van der Waals surface area (Å²) in [6, 6.07) is 12.5. The van der Waals surface area contributed by atoms with Gasteiger partial charge in [-0.3, -0.25) is 9.89 Å². The van der Waals surface area contributed by atoms with Gasteiger partial charge < -0.3 is 15.5 Å². The number of nitrogens with one attached hydrogen (secondary N) is 2. The quantitative estimate of drug-likeness (QED) is 0.418. The number of aromatic nitrogens is 6. The van der Waals surface area contributed by atoms with E-state index in [1.165, 1.54) is 11.7 Å². The van der Waals surface area contributed by atoms with Crippen LogP contribution < -0.4 is 16.2 Å². The maximum atomic E-state index is 12.8. The van der Waals surface area contributed by atoms with Crippen molar-refractivity contribution in [2.24, 2.45) is 5.73 Å². The first-order valence-electron chi connectivity index (χ1n) is 8.96. The Kier molecular flexibility index (Phi) is 3.85. The van der Waals surface area contributed by atoms with Gasteiger partial charge in [-0.1, -0.05) is 24.3 Å². The van der Waals surface area contributed by atoms with Crippen molar-refractivity contribution >= 4 is 28.0 Å². The van der Waals surface area contributed by atoms with Crippen LogP contribution >= 0.6 is 0 Å². The van der Waals surface area contributed by atoms with Gasteiger partial charge in [0.2, 0.25) is 0 Å². The lowest BCUT2D eigenvalue weighted by atomic mass is 10.1. The Balaban J connectivity index is 1.84. The highest BCUT2D eigenvalue weighted by atomic mass is 16.5. The Bertz CT molecular complexity index is 1500. The molecule has 0 unspecified atom stereocenters. The number of nitrogens with zero attached hydrogens (tertiary/aromatic N) is 4. The second-order valence-electron chi connectivity index (χ2n) is 6.57. The van der Waals surface area contributed by atoms with Crippen LogP contribution in [0, 0.1) is 0 Å². The van der Waals surface area contributed by atoms with E-state index in [0.717, 1.165) is 10.9 Å². The highest BCUT2D eigenvalue weighted by molar-refractivity contribution is 6.02. The zero-order valence-electron chi connectivity index (χ0n) is 15.7. The number of rotatable bonds is 4. The van der Waals surface area contributed by atoms with Crippen LogP contribution in [-0.2, 0) is 0 Å². The van der Waals surface area contributed by atoms with Gasteiger partial charge in [0.05, 0.1) is 24.5 Å². The van der Waals surface area contributed by atoms with Crippen LogP contribution in [0.4, 0.5) is 0 Å². The third kappa shape index (κ3) is 2.62. The minimum Gasteiger partial charge on any atom is -0.495 e. The van der Waals surface area contributed by atoms with Gasteiger partial charge in [-0.2, -0.15) is 5.10 Å². The number of nitrogens with two attached hydrogens (primary N) is 1. The molecule has 5 aromatic rings. The number of para-hydroxylation sites is 2. The number of hydrogen-bond donors (Lipinski definition) is 3. The second-order valence-corrected chi connectivity index (χ2v) is 6.57. The number of hydrogen-bond acceptors (Lipinski definition) is 6. The van der Waals surface area contributed by atoms with E-state index < -0.39 is 11.6 Å². The van der Waals surface area contributed by atoms with E-state index in [1.807, 2.05) is 18.2 Å². The smallest absolute Gasteiger partial charge is 0.332 e. The molecule has 0 aliphatic carbocycles. The number of H-pyrrole nitrogens is 2. The van der Waals surface area contributed by atoms with Crippen molar-refractivity contribution in [1.29, 1.82) is 0 Å². The van der Waals surface area contributed by atoms with Crippen LogP contribution in [-0.4, -0.2) is 42.7 Å². The molecular formula is C20H15N7O3. The maximum Gasteiger partial charge on any atom is 0.332 e. The van der Waals surface area contributed by atoms with Crippen LogP contribution in [0.1, 0.15) is 10.5 Å². The lowest BCUT2D eigenvalue weighted by Gasteiger charge is -2.10. The van der Waals surface area contributed by atoms with E-state index in [2.05, 4.69) is 25.1 Å². The molecule has 0 saturated carbocycles. The SMILES string of the molecule is COc1ccccc1-n1c(=O)[nH]c2c(C(N)=O)nc(-c3ccc4cn[nH]c4c3)nc21. The van der Waals surface area contributed by atoms with Crippen molar-refractivity contribution in [3.63, 3.8) is 0 Å². The highest BCUT2D eigenvalue weighted by Gasteiger charge is 2.21.